The van der Waals surface area contributed by atoms with Crippen molar-refractivity contribution in [3.8, 4) is 16.9 Å². The monoisotopic (exact) mass is 478 g/mol. The zero-order valence-electron chi connectivity index (χ0n) is 19.9. The van der Waals surface area contributed by atoms with Gasteiger partial charge in [-0.25, -0.2) is 14.4 Å². The first kappa shape index (κ1) is 29.1. The third-order valence-electron chi connectivity index (χ3n) is 4.82. The maximum absolute atomic E-state index is 11.8. The third kappa shape index (κ3) is 9.45. The third-order valence-corrected chi connectivity index (χ3v) is 4.82. The molecule has 0 fully saturated rings. The van der Waals surface area contributed by atoms with Crippen molar-refractivity contribution in [2.45, 2.75) is 34.6 Å². The van der Waals surface area contributed by atoms with Crippen LogP contribution in [-0.4, -0.2) is 31.1 Å². The van der Waals surface area contributed by atoms with Crippen LogP contribution in [0.5, 0.6) is 5.75 Å². The van der Waals surface area contributed by atoms with Gasteiger partial charge in [0, 0.05) is 22.6 Å². The number of carbonyl (C=O) groups excluding carboxylic acids is 3. The molecule has 35 heavy (non-hydrogen) atoms. The zero-order valence-corrected chi connectivity index (χ0v) is 19.9. The molecule has 0 aliphatic rings. The number of hydrogen-bond acceptors (Lipinski definition) is 6. The molecule has 0 aliphatic carbocycles. The van der Waals surface area contributed by atoms with Crippen LogP contribution in [0.25, 0.3) is 11.1 Å². The van der Waals surface area contributed by atoms with Gasteiger partial charge >= 0.3 is 17.9 Å². The summed E-state index contributed by atoms with van der Waals surface area (Å²) in [6, 6.07) is 15.1. The smallest absolute Gasteiger partial charge is 0.338 e. The van der Waals surface area contributed by atoms with Crippen molar-refractivity contribution >= 4 is 17.9 Å². The van der Waals surface area contributed by atoms with Gasteiger partial charge in [-0.15, -0.1) is 0 Å². The first-order valence-corrected chi connectivity index (χ1v) is 10.8. The molecule has 0 bridgehead atoms. The average molecular weight is 479 g/mol. The molecular weight excluding hydrogens is 444 g/mol. The SMILES string of the molecule is C.C=C(C)C(=O)OCC(COC(=O)C(=C)C)Cc1ccc(-c2ccc(OC(=O)C(=C)C)cc2)cc1. The van der Waals surface area contributed by atoms with E-state index in [1.165, 1.54) is 0 Å². The minimum atomic E-state index is -0.482. The summed E-state index contributed by atoms with van der Waals surface area (Å²) in [6.07, 6.45) is 0.545. The highest BCUT2D eigenvalue weighted by Gasteiger charge is 2.17. The minimum Gasteiger partial charge on any atom is -0.462 e. The quantitative estimate of drug-likeness (QED) is 0.228. The molecule has 0 atom stereocenters. The molecule has 0 spiro atoms. The zero-order chi connectivity index (χ0) is 25.3. The molecular formula is C29H34O6. The Morgan fingerprint density at radius 1 is 0.686 bits per heavy atom. The number of ether oxygens (including phenoxy) is 3. The predicted molar refractivity (Wildman–Crippen MR) is 138 cm³/mol. The van der Waals surface area contributed by atoms with Gasteiger partial charge in [0.15, 0.2) is 0 Å². The molecule has 0 N–H and O–H groups in total. The summed E-state index contributed by atoms with van der Waals surface area (Å²) in [5, 5.41) is 0. The minimum absolute atomic E-state index is 0. The number of rotatable bonds is 11. The molecule has 0 aromatic heterocycles. The molecule has 0 saturated carbocycles. The fraction of sp³-hybridized carbons (Fsp3) is 0.276. The fourth-order valence-corrected chi connectivity index (χ4v) is 2.88. The Bertz CT molecular complexity index is 1050. The summed E-state index contributed by atoms with van der Waals surface area (Å²) < 4.78 is 15.8. The molecule has 2 aromatic carbocycles. The Morgan fingerprint density at radius 2 is 1.09 bits per heavy atom. The lowest BCUT2D eigenvalue weighted by atomic mass is 9.98. The lowest BCUT2D eigenvalue weighted by Crippen LogP contribution is -2.23. The van der Waals surface area contributed by atoms with E-state index in [9.17, 15) is 14.4 Å². The van der Waals surface area contributed by atoms with E-state index in [4.69, 9.17) is 14.2 Å². The maximum Gasteiger partial charge on any atom is 0.338 e. The molecule has 2 aromatic rings. The molecule has 0 radical (unpaired) electrons. The van der Waals surface area contributed by atoms with Crippen molar-refractivity contribution in [1.82, 2.24) is 0 Å². The van der Waals surface area contributed by atoms with E-state index >= 15 is 0 Å². The van der Waals surface area contributed by atoms with Crippen molar-refractivity contribution in [3.63, 3.8) is 0 Å². The lowest BCUT2D eigenvalue weighted by molar-refractivity contribution is -0.144. The van der Waals surface area contributed by atoms with Gasteiger partial charge in [-0.3, -0.25) is 0 Å². The van der Waals surface area contributed by atoms with E-state index in [-0.39, 0.29) is 26.6 Å². The highest BCUT2D eigenvalue weighted by Crippen LogP contribution is 2.24. The molecule has 6 heteroatoms. The number of benzene rings is 2. The molecule has 2 rings (SSSR count). The summed E-state index contributed by atoms with van der Waals surface area (Å²) in [4.78, 5) is 35.2. The Balaban J connectivity index is 0.00000612. The summed E-state index contributed by atoms with van der Waals surface area (Å²) >= 11 is 0. The van der Waals surface area contributed by atoms with Crippen LogP contribution in [0.2, 0.25) is 0 Å². The van der Waals surface area contributed by atoms with Gasteiger partial charge in [0.05, 0.1) is 13.2 Å². The lowest BCUT2D eigenvalue weighted by Gasteiger charge is -2.18. The highest BCUT2D eigenvalue weighted by molar-refractivity contribution is 5.89. The summed E-state index contributed by atoms with van der Waals surface area (Å²) in [5.74, 6) is -1.20. The van der Waals surface area contributed by atoms with E-state index in [1.807, 2.05) is 36.4 Å². The van der Waals surface area contributed by atoms with Gasteiger partial charge in [0.2, 0.25) is 0 Å². The van der Waals surface area contributed by atoms with E-state index < -0.39 is 17.9 Å². The van der Waals surface area contributed by atoms with Crippen molar-refractivity contribution in [1.29, 1.82) is 0 Å². The van der Waals surface area contributed by atoms with Crippen LogP contribution in [0.1, 0.15) is 33.8 Å². The summed E-state index contributed by atoms with van der Waals surface area (Å²) in [5.41, 5.74) is 3.90. The highest BCUT2D eigenvalue weighted by atomic mass is 16.5. The number of carbonyl (C=O) groups is 3. The van der Waals surface area contributed by atoms with Crippen molar-refractivity contribution in [3.05, 3.63) is 90.6 Å². The number of hydrogen-bond donors (Lipinski definition) is 0. The van der Waals surface area contributed by atoms with Gasteiger partial charge in [0.1, 0.15) is 5.75 Å². The largest absolute Gasteiger partial charge is 0.462 e. The normalized spacial score (nSPS) is 10.1. The van der Waals surface area contributed by atoms with E-state index in [0.29, 0.717) is 28.9 Å². The van der Waals surface area contributed by atoms with Crippen LogP contribution in [0, 0.1) is 5.92 Å². The molecule has 0 heterocycles. The van der Waals surface area contributed by atoms with Crippen LogP contribution < -0.4 is 4.74 Å². The molecule has 186 valence electrons. The standard InChI is InChI=1S/C28H30O6.CH4/c1-18(2)26(29)32-16-22(17-33-27(30)19(3)4)15-21-7-9-23(10-8-21)24-11-13-25(14-12-24)34-28(31)20(5)6;/h7-14,22H,1,3,5,15-17H2,2,4,6H3;1H4. The van der Waals surface area contributed by atoms with Gasteiger partial charge in [-0.1, -0.05) is 63.6 Å². The molecule has 6 nitrogen and oxygen atoms in total. The van der Waals surface area contributed by atoms with Crippen LogP contribution in [0.15, 0.2) is 85.0 Å². The van der Waals surface area contributed by atoms with Gasteiger partial charge < -0.3 is 14.2 Å². The predicted octanol–water partition coefficient (Wildman–Crippen LogP) is 5.87. The van der Waals surface area contributed by atoms with E-state index in [1.54, 1.807) is 32.9 Å². The molecule has 0 aliphatic heterocycles. The fourth-order valence-electron chi connectivity index (χ4n) is 2.88. The Morgan fingerprint density at radius 3 is 1.49 bits per heavy atom. The van der Waals surface area contributed by atoms with Crippen molar-refractivity contribution in [2.75, 3.05) is 13.2 Å². The number of esters is 3. The first-order chi connectivity index (χ1) is 16.1. The van der Waals surface area contributed by atoms with Gasteiger partial charge in [-0.05, 0) is 56.0 Å². The van der Waals surface area contributed by atoms with Gasteiger partial charge in [-0.2, -0.15) is 0 Å². The van der Waals surface area contributed by atoms with Crippen molar-refractivity contribution in [2.24, 2.45) is 5.92 Å². The van der Waals surface area contributed by atoms with Crippen molar-refractivity contribution < 1.29 is 28.6 Å². The van der Waals surface area contributed by atoms with Crippen LogP contribution >= 0.6 is 0 Å². The second-order valence-electron chi connectivity index (χ2n) is 8.22. The maximum atomic E-state index is 11.8. The van der Waals surface area contributed by atoms with Crippen LogP contribution in [0.4, 0.5) is 0 Å². The Labute approximate surface area is 207 Å². The molecule has 0 saturated heterocycles. The van der Waals surface area contributed by atoms with E-state index in [2.05, 4.69) is 19.7 Å². The average Bonchev–Trinajstić information content (AvgIpc) is 2.81. The van der Waals surface area contributed by atoms with Gasteiger partial charge in [0.25, 0.3) is 0 Å². The first-order valence-electron chi connectivity index (χ1n) is 10.8. The van der Waals surface area contributed by atoms with Crippen LogP contribution in [0.3, 0.4) is 0 Å². The molecule has 0 unspecified atom stereocenters. The summed E-state index contributed by atoms with van der Waals surface area (Å²) in [7, 11) is 0. The topological polar surface area (TPSA) is 78.9 Å². The van der Waals surface area contributed by atoms with Crippen LogP contribution in [-0.2, 0) is 30.3 Å². The Kier molecular flexibility index (Phi) is 11.4. The Hall–Kier alpha value is -3.93. The summed E-state index contributed by atoms with van der Waals surface area (Å²) in [6.45, 7) is 15.7. The second kappa shape index (κ2) is 13.7. The molecule has 0 amide bonds. The van der Waals surface area contributed by atoms with E-state index in [0.717, 1.165) is 16.7 Å². The second-order valence-corrected chi connectivity index (χ2v) is 8.22.